The topological polar surface area (TPSA) is 41.6 Å². The highest BCUT2D eigenvalue weighted by Crippen LogP contribution is 2.39. The first-order chi connectivity index (χ1) is 9.29. The van der Waals surface area contributed by atoms with Crippen molar-refractivity contribution in [1.82, 2.24) is 15.2 Å². The van der Waals surface area contributed by atoms with E-state index < -0.39 is 0 Å². The molecule has 0 aliphatic heterocycles. The summed E-state index contributed by atoms with van der Waals surface area (Å²) in [5, 5.41) is 7.62. The molecule has 2 atom stereocenters. The van der Waals surface area contributed by atoms with Crippen LogP contribution in [-0.2, 0) is 0 Å². The first kappa shape index (κ1) is 12.4. The van der Waals surface area contributed by atoms with Crippen LogP contribution >= 0.6 is 0 Å². The highest BCUT2D eigenvalue weighted by molar-refractivity contribution is 5.26. The zero-order valence-electron chi connectivity index (χ0n) is 11.6. The Morgan fingerprint density at radius 2 is 2.00 bits per heavy atom. The maximum Gasteiger partial charge on any atom is 0.158 e. The predicted molar refractivity (Wildman–Crippen MR) is 76.1 cm³/mol. The van der Waals surface area contributed by atoms with Gasteiger partial charge < -0.3 is 0 Å². The molecular formula is C16H21N3. The standard InChI is InChI=1S/C16H21N3/c1-3-11(2)14(12-7-5-4-6-8-12)16-17-15(18-19-16)13-9-10-13/h4-8,11,13-14H,3,9-10H2,1-2H3,(H,17,18,19). The van der Waals surface area contributed by atoms with E-state index in [-0.39, 0.29) is 0 Å². The number of rotatable bonds is 5. The molecule has 3 nitrogen and oxygen atoms in total. The summed E-state index contributed by atoms with van der Waals surface area (Å²) in [6, 6.07) is 10.6. The fraction of sp³-hybridized carbons (Fsp3) is 0.500. The molecule has 1 N–H and O–H groups in total. The molecule has 2 aromatic rings. The average molecular weight is 255 g/mol. The van der Waals surface area contributed by atoms with Gasteiger partial charge in [0.25, 0.3) is 0 Å². The molecule has 1 aromatic heterocycles. The van der Waals surface area contributed by atoms with Crippen molar-refractivity contribution in [3.05, 3.63) is 47.5 Å². The van der Waals surface area contributed by atoms with Crippen LogP contribution < -0.4 is 0 Å². The van der Waals surface area contributed by atoms with Gasteiger partial charge in [0.15, 0.2) is 5.82 Å². The average Bonchev–Trinajstić information content (AvgIpc) is 3.20. The van der Waals surface area contributed by atoms with Gasteiger partial charge >= 0.3 is 0 Å². The van der Waals surface area contributed by atoms with Gasteiger partial charge in [-0.1, -0.05) is 50.6 Å². The lowest BCUT2D eigenvalue weighted by molar-refractivity contribution is 0.479. The molecule has 0 spiro atoms. The van der Waals surface area contributed by atoms with Crippen molar-refractivity contribution in [1.29, 1.82) is 0 Å². The van der Waals surface area contributed by atoms with Gasteiger partial charge in [0, 0.05) is 11.8 Å². The molecule has 1 heterocycles. The van der Waals surface area contributed by atoms with Crippen molar-refractivity contribution in [2.75, 3.05) is 0 Å². The lowest BCUT2D eigenvalue weighted by Gasteiger charge is -2.20. The van der Waals surface area contributed by atoms with Crippen LogP contribution in [0, 0.1) is 5.92 Å². The minimum absolute atomic E-state index is 0.301. The molecule has 1 aromatic carbocycles. The summed E-state index contributed by atoms with van der Waals surface area (Å²) < 4.78 is 0. The zero-order chi connectivity index (χ0) is 13.2. The van der Waals surface area contributed by atoms with Crippen molar-refractivity contribution < 1.29 is 0 Å². The maximum absolute atomic E-state index is 4.75. The number of aromatic nitrogens is 3. The summed E-state index contributed by atoms with van der Waals surface area (Å²) in [5.41, 5.74) is 1.32. The summed E-state index contributed by atoms with van der Waals surface area (Å²) in [6.45, 7) is 4.51. The number of aromatic amines is 1. The molecule has 19 heavy (non-hydrogen) atoms. The lowest BCUT2D eigenvalue weighted by atomic mass is 9.85. The van der Waals surface area contributed by atoms with Crippen LogP contribution in [0.25, 0.3) is 0 Å². The normalized spacial score (nSPS) is 18.2. The summed E-state index contributed by atoms with van der Waals surface area (Å²) in [7, 11) is 0. The molecule has 1 saturated carbocycles. The lowest BCUT2D eigenvalue weighted by Crippen LogP contribution is -2.12. The zero-order valence-corrected chi connectivity index (χ0v) is 11.6. The smallest absolute Gasteiger partial charge is 0.158 e. The van der Waals surface area contributed by atoms with Crippen molar-refractivity contribution >= 4 is 0 Å². The molecule has 0 bridgehead atoms. The number of nitrogens with zero attached hydrogens (tertiary/aromatic N) is 2. The first-order valence-corrected chi connectivity index (χ1v) is 7.26. The second-order valence-corrected chi connectivity index (χ2v) is 5.63. The van der Waals surface area contributed by atoms with E-state index in [9.17, 15) is 0 Å². The van der Waals surface area contributed by atoms with Crippen LogP contribution in [0.4, 0.5) is 0 Å². The molecule has 0 amide bonds. The van der Waals surface area contributed by atoms with Crippen LogP contribution in [-0.4, -0.2) is 15.2 Å². The highest BCUT2D eigenvalue weighted by Gasteiger charge is 2.30. The van der Waals surface area contributed by atoms with Crippen LogP contribution in [0.5, 0.6) is 0 Å². The van der Waals surface area contributed by atoms with Crippen molar-refractivity contribution in [3.63, 3.8) is 0 Å². The van der Waals surface area contributed by atoms with Crippen molar-refractivity contribution in [2.24, 2.45) is 5.92 Å². The van der Waals surface area contributed by atoms with E-state index in [1.165, 1.54) is 18.4 Å². The number of hydrogen-bond acceptors (Lipinski definition) is 2. The minimum atomic E-state index is 0.301. The SMILES string of the molecule is CCC(C)C(c1ccccc1)c1n[nH]c(C2CC2)n1. The van der Waals surface area contributed by atoms with E-state index in [0.29, 0.717) is 17.8 Å². The van der Waals surface area contributed by atoms with Gasteiger partial charge in [0.1, 0.15) is 5.82 Å². The van der Waals surface area contributed by atoms with Crippen molar-refractivity contribution in [2.45, 2.75) is 44.9 Å². The summed E-state index contributed by atoms with van der Waals surface area (Å²) >= 11 is 0. The molecule has 0 saturated heterocycles. The largest absolute Gasteiger partial charge is 0.263 e. The quantitative estimate of drug-likeness (QED) is 0.881. The third-order valence-corrected chi connectivity index (χ3v) is 4.13. The Labute approximate surface area is 114 Å². The Morgan fingerprint density at radius 3 is 2.63 bits per heavy atom. The Kier molecular flexibility index (Phi) is 3.36. The number of hydrogen-bond donors (Lipinski definition) is 1. The van der Waals surface area contributed by atoms with Gasteiger partial charge in [-0.2, -0.15) is 5.10 Å². The van der Waals surface area contributed by atoms with E-state index >= 15 is 0 Å². The Balaban J connectivity index is 1.93. The number of nitrogens with one attached hydrogen (secondary N) is 1. The molecule has 3 rings (SSSR count). The third kappa shape index (κ3) is 2.55. The Morgan fingerprint density at radius 1 is 1.26 bits per heavy atom. The van der Waals surface area contributed by atoms with Gasteiger partial charge in [-0.05, 0) is 24.3 Å². The fourth-order valence-electron chi connectivity index (χ4n) is 2.59. The molecule has 0 radical (unpaired) electrons. The summed E-state index contributed by atoms with van der Waals surface area (Å²) in [6.07, 6.45) is 3.65. The first-order valence-electron chi connectivity index (χ1n) is 7.26. The molecular weight excluding hydrogens is 234 g/mol. The van der Waals surface area contributed by atoms with Crippen LogP contribution in [0.3, 0.4) is 0 Å². The third-order valence-electron chi connectivity index (χ3n) is 4.13. The van der Waals surface area contributed by atoms with Crippen LogP contribution in [0.15, 0.2) is 30.3 Å². The predicted octanol–water partition coefficient (Wildman–Crippen LogP) is 3.86. The van der Waals surface area contributed by atoms with E-state index in [0.717, 1.165) is 18.1 Å². The molecule has 3 heteroatoms. The number of H-pyrrole nitrogens is 1. The summed E-state index contributed by atoms with van der Waals surface area (Å²) in [5.74, 6) is 3.52. The van der Waals surface area contributed by atoms with Gasteiger partial charge in [0.2, 0.25) is 0 Å². The second kappa shape index (κ2) is 5.16. The summed E-state index contributed by atoms with van der Waals surface area (Å²) in [4.78, 5) is 4.75. The second-order valence-electron chi connectivity index (χ2n) is 5.63. The molecule has 2 unspecified atom stereocenters. The van der Waals surface area contributed by atoms with Gasteiger partial charge in [0.05, 0.1) is 0 Å². The molecule has 1 aliphatic rings. The van der Waals surface area contributed by atoms with Crippen LogP contribution in [0.2, 0.25) is 0 Å². The fourth-order valence-corrected chi connectivity index (χ4v) is 2.59. The van der Waals surface area contributed by atoms with Crippen LogP contribution in [0.1, 0.15) is 62.2 Å². The molecule has 1 aliphatic carbocycles. The number of benzene rings is 1. The van der Waals surface area contributed by atoms with E-state index in [2.05, 4.69) is 54.4 Å². The van der Waals surface area contributed by atoms with E-state index in [4.69, 9.17) is 4.98 Å². The minimum Gasteiger partial charge on any atom is -0.263 e. The van der Waals surface area contributed by atoms with Crippen molar-refractivity contribution in [3.8, 4) is 0 Å². The monoisotopic (exact) mass is 255 g/mol. The Bertz CT molecular complexity index is 528. The van der Waals surface area contributed by atoms with Gasteiger partial charge in [-0.25, -0.2) is 4.98 Å². The van der Waals surface area contributed by atoms with Gasteiger partial charge in [-0.15, -0.1) is 0 Å². The van der Waals surface area contributed by atoms with E-state index in [1.807, 2.05) is 0 Å². The molecule has 1 fully saturated rings. The maximum atomic E-state index is 4.75. The molecule has 100 valence electrons. The Hall–Kier alpha value is -1.64. The van der Waals surface area contributed by atoms with E-state index in [1.54, 1.807) is 0 Å². The van der Waals surface area contributed by atoms with Gasteiger partial charge in [-0.3, -0.25) is 5.10 Å². The highest BCUT2D eigenvalue weighted by atomic mass is 15.2.